The fraction of sp³-hybridized carbons (Fsp3) is 0.467. The smallest absolute Gasteiger partial charge is 0.229 e. The van der Waals surface area contributed by atoms with E-state index in [0.717, 1.165) is 5.56 Å². The highest BCUT2D eigenvalue weighted by molar-refractivity contribution is 6.46. The van der Waals surface area contributed by atoms with Crippen LogP contribution in [0.1, 0.15) is 42.8 Å². The molecule has 1 aromatic rings. The van der Waals surface area contributed by atoms with E-state index in [9.17, 15) is 9.59 Å². The number of hydrogen-bond acceptors (Lipinski definition) is 3. The van der Waals surface area contributed by atoms with Gasteiger partial charge >= 0.3 is 0 Å². The van der Waals surface area contributed by atoms with Crippen molar-refractivity contribution in [1.82, 2.24) is 0 Å². The van der Waals surface area contributed by atoms with E-state index in [2.05, 4.69) is 0 Å². The number of fused-ring (bicyclic) bond motifs is 3. The minimum absolute atomic E-state index is 0.0320. The highest BCUT2D eigenvalue weighted by atomic mass is 16.5. The fourth-order valence-electron chi connectivity index (χ4n) is 3.07. The molecule has 0 amide bonds. The summed E-state index contributed by atoms with van der Waals surface area (Å²) in [5.41, 5.74) is 1.07. The third-order valence-electron chi connectivity index (χ3n) is 4.52. The topological polar surface area (TPSA) is 43.4 Å². The van der Waals surface area contributed by atoms with Gasteiger partial charge in [-0.25, -0.2) is 0 Å². The van der Waals surface area contributed by atoms with Crippen molar-refractivity contribution >= 4 is 11.6 Å². The molecule has 0 radical (unpaired) electrons. The second-order valence-corrected chi connectivity index (χ2v) is 5.78. The average molecular weight is 244 g/mol. The normalized spacial score (nSPS) is 33.2. The number of rotatable bonds is 0. The Bertz CT molecular complexity index is 544. The first-order valence-electron chi connectivity index (χ1n) is 6.27. The lowest BCUT2D eigenvalue weighted by atomic mass is 9.67. The molecule has 1 fully saturated rings. The number of hydrogen-bond donors (Lipinski definition) is 0. The van der Waals surface area contributed by atoms with Gasteiger partial charge in [0.15, 0.2) is 0 Å². The zero-order chi connectivity index (χ0) is 13.1. The molecule has 1 saturated heterocycles. The number of ketones is 2. The Hall–Kier alpha value is -1.48. The van der Waals surface area contributed by atoms with E-state index < -0.39 is 0 Å². The summed E-state index contributed by atoms with van der Waals surface area (Å²) in [6.45, 7) is 5.97. The first-order chi connectivity index (χ1) is 8.44. The van der Waals surface area contributed by atoms with Gasteiger partial charge in [-0.05, 0) is 12.5 Å². The molecule has 3 heteroatoms. The lowest BCUT2D eigenvalue weighted by Gasteiger charge is -2.31. The van der Waals surface area contributed by atoms with E-state index in [1.807, 2.05) is 32.9 Å². The summed E-state index contributed by atoms with van der Waals surface area (Å²) in [7, 11) is 0. The molecule has 3 unspecified atom stereocenters. The highest BCUT2D eigenvalue weighted by Gasteiger charge is 2.56. The standard InChI is InChI=1S/C15H16O3/c1-8-15(2,3)11-13(17)12(16)9-6-4-5-7-10(9)14(11)18-8/h4-8,11,14H,1-3H3. The predicted octanol–water partition coefficient (Wildman–Crippen LogP) is 2.55. The van der Waals surface area contributed by atoms with Crippen molar-refractivity contribution < 1.29 is 14.3 Å². The van der Waals surface area contributed by atoms with Crippen LogP contribution in [-0.2, 0) is 9.53 Å². The highest BCUT2D eigenvalue weighted by Crippen LogP contribution is 2.53. The van der Waals surface area contributed by atoms with Crippen LogP contribution >= 0.6 is 0 Å². The van der Waals surface area contributed by atoms with Crippen LogP contribution in [0.4, 0.5) is 0 Å². The van der Waals surface area contributed by atoms with Gasteiger partial charge in [-0.2, -0.15) is 0 Å². The first kappa shape index (κ1) is 11.6. The molecule has 0 spiro atoms. The number of Topliss-reactive ketones (excluding diaryl/α,β-unsaturated/α-hetero) is 2. The third-order valence-corrected chi connectivity index (χ3v) is 4.52. The maximum atomic E-state index is 12.3. The lowest BCUT2D eigenvalue weighted by Crippen LogP contribution is -2.40. The van der Waals surface area contributed by atoms with Crippen molar-refractivity contribution in [1.29, 1.82) is 0 Å². The fourth-order valence-corrected chi connectivity index (χ4v) is 3.07. The molecule has 0 saturated carbocycles. The molecular formula is C15H16O3. The van der Waals surface area contributed by atoms with E-state index in [1.54, 1.807) is 12.1 Å². The second-order valence-electron chi connectivity index (χ2n) is 5.78. The Labute approximate surface area is 106 Å². The van der Waals surface area contributed by atoms with Gasteiger partial charge in [-0.3, -0.25) is 9.59 Å². The Kier molecular flexibility index (Phi) is 2.26. The van der Waals surface area contributed by atoms with Gasteiger partial charge in [0.1, 0.15) is 0 Å². The van der Waals surface area contributed by atoms with Gasteiger partial charge in [0.25, 0.3) is 0 Å². The third kappa shape index (κ3) is 1.28. The SMILES string of the molecule is CC1OC2c3ccccc3C(=O)C(=O)C2C1(C)C. The van der Waals surface area contributed by atoms with Gasteiger partial charge < -0.3 is 4.74 Å². The van der Waals surface area contributed by atoms with Gasteiger partial charge in [0.2, 0.25) is 11.6 Å². The number of carbonyl (C=O) groups is 2. The van der Waals surface area contributed by atoms with Crippen LogP contribution in [0.3, 0.4) is 0 Å². The zero-order valence-corrected chi connectivity index (χ0v) is 10.8. The van der Waals surface area contributed by atoms with Crippen LogP contribution < -0.4 is 0 Å². The molecule has 3 rings (SSSR count). The van der Waals surface area contributed by atoms with Crippen LogP contribution in [0.5, 0.6) is 0 Å². The number of benzene rings is 1. The van der Waals surface area contributed by atoms with Gasteiger partial charge in [0, 0.05) is 11.0 Å². The first-order valence-corrected chi connectivity index (χ1v) is 6.27. The minimum atomic E-state index is -0.363. The molecule has 1 aromatic carbocycles. The van der Waals surface area contributed by atoms with Crippen LogP contribution in [0.25, 0.3) is 0 Å². The number of carbonyl (C=O) groups excluding carboxylic acids is 2. The molecule has 3 nitrogen and oxygen atoms in total. The van der Waals surface area contributed by atoms with Crippen LogP contribution in [0.15, 0.2) is 24.3 Å². The summed E-state index contributed by atoms with van der Waals surface area (Å²) in [6.07, 6.45) is -0.299. The summed E-state index contributed by atoms with van der Waals surface area (Å²) < 4.78 is 5.95. The van der Waals surface area contributed by atoms with Crippen molar-refractivity contribution in [3.63, 3.8) is 0 Å². The quantitative estimate of drug-likeness (QED) is 0.659. The average Bonchev–Trinajstić information content (AvgIpc) is 2.58. The minimum Gasteiger partial charge on any atom is -0.369 e. The van der Waals surface area contributed by atoms with Gasteiger partial charge in [-0.15, -0.1) is 0 Å². The Morgan fingerprint density at radius 2 is 1.83 bits per heavy atom. The van der Waals surface area contributed by atoms with Crippen molar-refractivity contribution in [3.05, 3.63) is 35.4 Å². The van der Waals surface area contributed by atoms with Crippen LogP contribution in [0.2, 0.25) is 0 Å². The Morgan fingerprint density at radius 1 is 1.17 bits per heavy atom. The molecule has 0 N–H and O–H groups in total. The van der Waals surface area contributed by atoms with Crippen molar-refractivity contribution in [3.8, 4) is 0 Å². The van der Waals surface area contributed by atoms with Crippen molar-refractivity contribution in [2.24, 2.45) is 11.3 Å². The van der Waals surface area contributed by atoms with Gasteiger partial charge in [-0.1, -0.05) is 38.1 Å². The molecule has 1 aliphatic carbocycles. The van der Waals surface area contributed by atoms with Crippen LogP contribution in [-0.4, -0.2) is 17.7 Å². The molecule has 0 bridgehead atoms. The zero-order valence-electron chi connectivity index (χ0n) is 10.8. The Balaban J connectivity index is 2.20. The summed E-state index contributed by atoms with van der Waals surface area (Å²) in [5, 5.41) is 0. The van der Waals surface area contributed by atoms with Crippen LogP contribution in [0, 0.1) is 11.3 Å². The maximum absolute atomic E-state index is 12.3. The Morgan fingerprint density at radius 3 is 2.56 bits per heavy atom. The largest absolute Gasteiger partial charge is 0.369 e. The second kappa shape index (κ2) is 3.51. The van der Waals surface area contributed by atoms with E-state index in [-0.39, 0.29) is 35.1 Å². The summed E-state index contributed by atoms with van der Waals surface area (Å²) >= 11 is 0. The van der Waals surface area contributed by atoms with E-state index in [4.69, 9.17) is 4.74 Å². The molecule has 3 atom stereocenters. The number of ether oxygens (including phenoxy) is 1. The molecular weight excluding hydrogens is 228 g/mol. The van der Waals surface area contributed by atoms with E-state index in [0.29, 0.717) is 5.56 Å². The van der Waals surface area contributed by atoms with Gasteiger partial charge in [0.05, 0.1) is 18.1 Å². The van der Waals surface area contributed by atoms with Crippen molar-refractivity contribution in [2.75, 3.05) is 0 Å². The maximum Gasteiger partial charge on any atom is 0.229 e. The lowest BCUT2D eigenvalue weighted by molar-refractivity contribution is -0.123. The molecule has 18 heavy (non-hydrogen) atoms. The predicted molar refractivity (Wildman–Crippen MR) is 66.3 cm³/mol. The molecule has 1 heterocycles. The summed E-state index contributed by atoms with van der Waals surface area (Å²) in [5.74, 6) is -1.01. The monoisotopic (exact) mass is 244 g/mol. The summed E-state index contributed by atoms with van der Waals surface area (Å²) in [4.78, 5) is 24.4. The summed E-state index contributed by atoms with van der Waals surface area (Å²) in [6, 6.07) is 7.28. The molecule has 94 valence electrons. The van der Waals surface area contributed by atoms with Crippen molar-refractivity contribution in [2.45, 2.75) is 33.0 Å². The molecule has 1 aliphatic heterocycles. The van der Waals surface area contributed by atoms with E-state index in [1.165, 1.54) is 0 Å². The van der Waals surface area contributed by atoms with E-state index >= 15 is 0 Å². The molecule has 0 aromatic heterocycles. The molecule has 2 aliphatic rings.